The van der Waals surface area contributed by atoms with Gasteiger partial charge in [-0.25, -0.2) is 8.78 Å². The highest BCUT2D eigenvalue weighted by Crippen LogP contribution is 2.25. The van der Waals surface area contributed by atoms with Crippen LogP contribution >= 0.6 is 11.8 Å². The number of nitrogens with one attached hydrogen (secondary N) is 1. The largest absolute Gasteiger partial charge is 0.313 e. The molecule has 0 saturated heterocycles. The van der Waals surface area contributed by atoms with Crippen molar-refractivity contribution in [2.45, 2.75) is 44.6 Å². The van der Waals surface area contributed by atoms with Crippen LogP contribution in [-0.2, 0) is 0 Å². The summed E-state index contributed by atoms with van der Waals surface area (Å²) >= 11 is 1.45. The maximum Gasteiger partial charge on any atom is 0.139 e. The third-order valence-electron chi connectivity index (χ3n) is 3.30. The van der Waals surface area contributed by atoms with E-state index in [9.17, 15) is 8.78 Å². The number of benzene rings is 1. The van der Waals surface area contributed by atoms with Crippen LogP contribution in [0.15, 0.2) is 23.1 Å². The van der Waals surface area contributed by atoms with Gasteiger partial charge in [0.25, 0.3) is 0 Å². The Morgan fingerprint density at radius 1 is 1.26 bits per heavy atom. The van der Waals surface area contributed by atoms with Crippen molar-refractivity contribution in [2.24, 2.45) is 5.92 Å². The summed E-state index contributed by atoms with van der Waals surface area (Å²) in [7, 11) is 0. The van der Waals surface area contributed by atoms with Crippen LogP contribution in [0, 0.1) is 17.6 Å². The SMILES string of the molecule is CCCNC(CSc1ccc(F)cc1F)C(C)CC. The minimum Gasteiger partial charge on any atom is -0.313 e. The molecule has 0 aliphatic carbocycles. The van der Waals surface area contributed by atoms with Crippen molar-refractivity contribution in [1.29, 1.82) is 0 Å². The Labute approximate surface area is 119 Å². The molecule has 0 heterocycles. The average molecular weight is 287 g/mol. The maximum atomic E-state index is 13.6. The molecule has 0 aromatic heterocycles. The van der Waals surface area contributed by atoms with Gasteiger partial charge in [0.1, 0.15) is 11.6 Å². The lowest BCUT2D eigenvalue weighted by molar-refractivity contribution is 0.397. The Hall–Kier alpha value is -0.610. The molecule has 0 spiro atoms. The molecule has 1 rings (SSSR count). The Morgan fingerprint density at radius 2 is 2.00 bits per heavy atom. The van der Waals surface area contributed by atoms with Crippen LogP contribution in [0.5, 0.6) is 0 Å². The molecule has 0 aliphatic rings. The van der Waals surface area contributed by atoms with Gasteiger partial charge in [-0.3, -0.25) is 0 Å². The summed E-state index contributed by atoms with van der Waals surface area (Å²) in [5, 5.41) is 3.50. The van der Waals surface area contributed by atoms with E-state index in [0.717, 1.165) is 31.2 Å². The molecule has 0 aliphatic heterocycles. The van der Waals surface area contributed by atoms with Crippen molar-refractivity contribution >= 4 is 11.8 Å². The molecule has 0 amide bonds. The molecule has 1 aromatic rings. The first-order chi connectivity index (χ1) is 9.08. The first-order valence-electron chi connectivity index (χ1n) is 6.89. The molecule has 19 heavy (non-hydrogen) atoms. The third-order valence-corrected chi connectivity index (χ3v) is 4.47. The van der Waals surface area contributed by atoms with E-state index in [0.29, 0.717) is 16.9 Å². The molecular weight excluding hydrogens is 264 g/mol. The molecule has 1 aromatic carbocycles. The quantitative estimate of drug-likeness (QED) is 0.708. The number of hydrogen-bond donors (Lipinski definition) is 1. The summed E-state index contributed by atoms with van der Waals surface area (Å²) in [5.74, 6) is 0.354. The molecule has 108 valence electrons. The zero-order valence-electron chi connectivity index (χ0n) is 11.9. The van der Waals surface area contributed by atoms with Crippen molar-refractivity contribution in [3.8, 4) is 0 Å². The fourth-order valence-corrected chi connectivity index (χ4v) is 2.98. The first-order valence-corrected chi connectivity index (χ1v) is 7.88. The van der Waals surface area contributed by atoms with Gasteiger partial charge >= 0.3 is 0 Å². The molecule has 0 radical (unpaired) electrons. The van der Waals surface area contributed by atoms with Gasteiger partial charge in [-0.05, 0) is 31.0 Å². The van der Waals surface area contributed by atoms with Gasteiger partial charge in [-0.15, -0.1) is 11.8 Å². The van der Waals surface area contributed by atoms with E-state index in [1.54, 1.807) is 0 Å². The lowest BCUT2D eigenvalue weighted by Crippen LogP contribution is -2.37. The van der Waals surface area contributed by atoms with Crippen molar-refractivity contribution in [1.82, 2.24) is 5.32 Å². The predicted molar refractivity (Wildman–Crippen MR) is 78.6 cm³/mol. The Bertz CT molecular complexity index is 384. The minimum absolute atomic E-state index is 0.361. The molecule has 0 fully saturated rings. The summed E-state index contributed by atoms with van der Waals surface area (Å²) in [6.07, 6.45) is 2.18. The van der Waals surface area contributed by atoms with Gasteiger partial charge < -0.3 is 5.32 Å². The summed E-state index contributed by atoms with van der Waals surface area (Å²) in [6.45, 7) is 7.47. The van der Waals surface area contributed by atoms with E-state index < -0.39 is 11.6 Å². The highest BCUT2D eigenvalue weighted by Gasteiger charge is 2.16. The van der Waals surface area contributed by atoms with Crippen LogP contribution in [0.4, 0.5) is 8.78 Å². The van der Waals surface area contributed by atoms with E-state index in [-0.39, 0.29) is 0 Å². The van der Waals surface area contributed by atoms with E-state index in [4.69, 9.17) is 0 Å². The topological polar surface area (TPSA) is 12.0 Å². The molecule has 4 heteroatoms. The second-order valence-electron chi connectivity index (χ2n) is 4.83. The summed E-state index contributed by atoms with van der Waals surface area (Å²) in [4.78, 5) is 0.521. The molecule has 2 atom stereocenters. The van der Waals surface area contributed by atoms with E-state index in [2.05, 4.69) is 26.1 Å². The van der Waals surface area contributed by atoms with Gasteiger partial charge in [-0.1, -0.05) is 27.2 Å². The van der Waals surface area contributed by atoms with Gasteiger partial charge in [0.2, 0.25) is 0 Å². The second kappa shape index (κ2) is 8.54. The van der Waals surface area contributed by atoms with Crippen molar-refractivity contribution < 1.29 is 8.78 Å². The van der Waals surface area contributed by atoms with E-state index in [1.807, 2.05) is 0 Å². The Morgan fingerprint density at radius 3 is 2.58 bits per heavy atom. The van der Waals surface area contributed by atoms with Crippen molar-refractivity contribution in [2.75, 3.05) is 12.3 Å². The van der Waals surface area contributed by atoms with Gasteiger partial charge in [0.15, 0.2) is 0 Å². The van der Waals surface area contributed by atoms with Gasteiger partial charge in [0.05, 0.1) is 0 Å². The van der Waals surface area contributed by atoms with Crippen molar-refractivity contribution in [3.63, 3.8) is 0 Å². The number of rotatable bonds is 8. The van der Waals surface area contributed by atoms with Crippen LogP contribution < -0.4 is 5.32 Å². The highest BCUT2D eigenvalue weighted by molar-refractivity contribution is 7.99. The zero-order chi connectivity index (χ0) is 14.3. The lowest BCUT2D eigenvalue weighted by atomic mass is 10.0. The molecule has 1 nitrogen and oxygen atoms in total. The minimum atomic E-state index is -0.524. The van der Waals surface area contributed by atoms with Crippen LogP contribution in [0.25, 0.3) is 0 Å². The van der Waals surface area contributed by atoms with Crippen LogP contribution in [-0.4, -0.2) is 18.3 Å². The number of thioether (sulfide) groups is 1. The molecule has 0 saturated carbocycles. The van der Waals surface area contributed by atoms with Gasteiger partial charge in [-0.2, -0.15) is 0 Å². The van der Waals surface area contributed by atoms with E-state index >= 15 is 0 Å². The fourth-order valence-electron chi connectivity index (χ4n) is 1.81. The standard InChI is InChI=1S/C15H23F2NS/c1-4-8-18-14(11(3)5-2)10-19-15-7-6-12(16)9-13(15)17/h6-7,9,11,14,18H,4-5,8,10H2,1-3H3. The maximum absolute atomic E-state index is 13.6. The Balaban J connectivity index is 2.59. The zero-order valence-corrected chi connectivity index (χ0v) is 12.7. The second-order valence-corrected chi connectivity index (χ2v) is 5.89. The van der Waals surface area contributed by atoms with Crippen LogP contribution in [0.3, 0.4) is 0 Å². The van der Waals surface area contributed by atoms with Crippen LogP contribution in [0.1, 0.15) is 33.6 Å². The third kappa shape index (κ3) is 5.49. The lowest BCUT2D eigenvalue weighted by Gasteiger charge is -2.24. The monoisotopic (exact) mass is 287 g/mol. The molecular formula is C15H23F2NS. The smallest absolute Gasteiger partial charge is 0.139 e. The summed E-state index contributed by atoms with van der Waals surface area (Å²) in [6, 6.07) is 4.13. The predicted octanol–water partition coefficient (Wildman–Crippen LogP) is 4.47. The number of halogens is 2. The normalized spacial score (nSPS) is 14.4. The molecule has 0 bridgehead atoms. The summed E-state index contributed by atoms with van der Waals surface area (Å²) in [5.41, 5.74) is 0. The summed E-state index contributed by atoms with van der Waals surface area (Å²) < 4.78 is 26.4. The van der Waals surface area contributed by atoms with Crippen molar-refractivity contribution in [3.05, 3.63) is 29.8 Å². The van der Waals surface area contributed by atoms with E-state index in [1.165, 1.54) is 23.9 Å². The Kier molecular flexibility index (Phi) is 7.39. The average Bonchev–Trinajstić information content (AvgIpc) is 2.40. The van der Waals surface area contributed by atoms with Gasteiger partial charge in [0, 0.05) is 22.8 Å². The van der Waals surface area contributed by atoms with Crippen LogP contribution in [0.2, 0.25) is 0 Å². The fraction of sp³-hybridized carbons (Fsp3) is 0.600. The highest BCUT2D eigenvalue weighted by atomic mass is 32.2. The number of hydrogen-bond acceptors (Lipinski definition) is 2. The molecule has 1 N–H and O–H groups in total. The molecule has 2 unspecified atom stereocenters. The first kappa shape index (κ1) is 16.4.